The number of hydrogen-bond donors (Lipinski definition) is 1. The van der Waals surface area contributed by atoms with Crippen molar-refractivity contribution in [3.63, 3.8) is 0 Å². The normalized spacial score (nSPS) is 20.0. The SMILES string of the molecule is O=S1(=O)CCC(Nc2nnc(COc3ccc(Cl)cc3)o2)C1. The van der Waals surface area contributed by atoms with E-state index in [1.165, 1.54) is 0 Å². The van der Waals surface area contributed by atoms with Crippen molar-refractivity contribution in [2.45, 2.75) is 19.1 Å². The van der Waals surface area contributed by atoms with Crippen molar-refractivity contribution in [3.05, 3.63) is 35.2 Å². The Hall–Kier alpha value is -1.80. The molecule has 1 aliphatic heterocycles. The highest BCUT2D eigenvalue weighted by molar-refractivity contribution is 7.91. The monoisotopic (exact) mass is 343 g/mol. The molecule has 3 rings (SSSR count). The lowest BCUT2D eigenvalue weighted by Crippen LogP contribution is -2.20. The highest BCUT2D eigenvalue weighted by Crippen LogP contribution is 2.19. The van der Waals surface area contributed by atoms with E-state index in [4.69, 9.17) is 20.8 Å². The van der Waals surface area contributed by atoms with Crippen molar-refractivity contribution >= 4 is 27.5 Å². The van der Waals surface area contributed by atoms with Crippen molar-refractivity contribution in [3.8, 4) is 5.75 Å². The zero-order valence-corrected chi connectivity index (χ0v) is 13.1. The molecule has 2 aromatic rings. The minimum Gasteiger partial charge on any atom is -0.484 e. The van der Waals surface area contributed by atoms with Crippen LogP contribution in [0.15, 0.2) is 28.7 Å². The van der Waals surface area contributed by atoms with Crippen molar-refractivity contribution in [2.24, 2.45) is 0 Å². The van der Waals surface area contributed by atoms with Crippen LogP contribution >= 0.6 is 11.6 Å². The zero-order chi connectivity index (χ0) is 15.6. The molecule has 0 radical (unpaired) electrons. The molecule has 118 valence electrons. The molecule has 1 fully saturated rings. The van der Waals surface area contributed by atoms with Crippen LogP contribution in [0.25, 0.3) is 0 Å². The molecule has 1 aromatic carbocycles. The lowest BCUT2D eigenvalue weighted by molar-refractivity contribution is 0.264. The first-order chi connectivity index (χ1) is 10.5. The second kappa shape index (κ2) is 6.13. The molecule has 2 heterocycles. The van der Waals surface area contributed by atoms with Crippen molar-refractivity contribution in [1.29, 1.82) is 0 Å². The van der Waals surface area contributed by atoms with E-state index in [-0.39, 0.29) is 30.2 Å². The van der Waals surface area contributed by atoms with E-state index in [9.17, 15) is 8.42 Å². The van der Waals surface area contributed by atoms with Gasteiger partial charge in [-0.2, -0.15) is 0 Å². The van der Waals surface area contributed by atoms with Gasteiger partial charge in [-0.3, -0.25) is 0 Å². The largest absolute Gasteiger partial charge is 0.484 e. The third-order valence-electron chi connectivity index (χ3n) is 3.20. The number of halogens is 1. The van der Waals surface area contributed by atoms with Crippen molar-refractivity contribution < 1.29 is 17.6 Å². The summed E-state index contributed by atoms with van der Waals surface area (Å²) in [6.45, 7) is 0.124. The topological polar surface area (TPSA) is 94.3 Å². The van der Waals surface area contributed by atoms with E-state index in [0.29, 0.717) is 23.1 Å². The molecule has 0 spiro atoms. The maximum atomic E-state index is 11.4. The number of rotatable bonds is 5. The lowest BCUT2D eigenvalue weighted by Gasteiger charge is -2.06. The molecule has 1 unspecified atom stereocenters. The summed E-state index contributed by atoms with van der Waals surface area (Å²) in [5.41, 5.74) is 0. The smallest absolute Gasteiger partial charge is 0.315 e. The summed E-state index contributed by atoms with van der Waals surface area (Å²) >= 11 is 5.79. The number of nitrogens with one attached hydrogen (secondary N) is 1. The molecule has 0 saturated carbocycles. The van der Waals surface area contributed by atoms with Gasteiger partial charge in [-0.1, -0.05) is 16.7 Å². The Morgan fingerprint density at radius 2 is 2.09 bits per heavy atom. The molecule has 22 heavy (non-hydrogen) atoms. The Morgan fingerprint density at radius 1 is 1.32 bits per heavy atom. The first-order valence-electron chi connectivity index (χ1n) is 6.68. The summed E-state index contributed by atoms with van der Waals surface area (Å²) in [6, 6.07) is 6.94. The molecular weight excluding hydrogens is 330 g/mol. The van der Waals surface area contributed by atoms with Gasteiger partial charge in [-0.15, -0.1) is 5.10 Å². The minimum atomic E-state index is -2.95. The summed E-state index contributed by atoms with van der Waals surface area (Å²) in [4.78, 5) is 0. The molecule has 1 aromatic heterocycles. The maximum Gasteiger partial charge on any atom is 0.315 e. The number of sulfone groups is 1. The van der Waals surface area contributed by atoms with Crippen LogP contribution in [0.5, 0.6) is 5.75 Å². The van der Waals surface area contributed by atoms with Gasteiger partial charge in [0.1, 0.15) is 5.75 Å². The first-order valence-corrected chi connectivity index (χ1v) is 8.88. The first kappa shape index (κ1) is 15.1. The Bertz CT molecular complexity index is 745. The van der Waals surface area contributed by atoms with Gasteiger partial charge < -0.3 is 14.5 Å². The number of aromatic nitrogens is 2. The van der Waals surface area contributed by atoms with Gasteiger partial charge in [-0.05, 0) is 30.7 Å². The fraction of sp³-hybridized carbons (Fsp3) is 0.385. The number of nitrogens with zero attached hydrogens (tertiary/aromatic N) is 2. The van der Waals surface area contributed by atoms with Gasteiger partial charge >= 0.3 is 6.01 Å². The van der Waals surface area contributed by atoms with Crippen LogP contribution in [-0.4, -0.2) is 36.2 Å². The highest BCUT2D eigenvalue weighted by Gasteiger charge is 2.28. The van der Waals surface area contributed by atoms with Crippen LogP contribution in [-0.2, 0) is 16.4 Å². The average molecular weight is 344 g/mol. The van der Waals surface area contributed by atoms with Crippen molar-refractivity contribution in [2.75, 3.05) is 16.8 Å². The molecule has 1 aliphatic rings. The molecule has 1 N–H and O–H groups in total. The van der Waals surface area contributed by atoms with Crippen LogP contribution in [0.3, 0.4) is 0 Å². The molecular formula is C13H14ClN3O4S. The zero-order valence-electron chi connectivity index (χ0n) is 11.5. The lowest BCUT2D eigenvalue weighted by atomic mass is 10.3. The summed E-state index contributed by atoms with van der Waals surface area (Å²) in [5, 5.41) is 11.2. The second-order valence-electron chi connectivity index (χ2n) is 4.99. The number of ether oxygens (including phenoxy) is 1. The summed E-state index contributed by atoms with van der Waals surface area (Å²) in [6.07, 6.45) is 0.543. The van der Waals surface area contributed by atoms with Gasteiger partial charge in [0.05, 0.1) is 11.5 Å². The molecule has 9 heteroatoms. The molecule has 0 bridgehead atoms. The summed E-state index contributed by atoms with van der Waals surface area (Å²) in [5.74, 6) is 1.22. The van der Waals surface area contributed by atoms with Gasteiger partial charge in [0, 0.05) is 11.1 Å². The standard InChI is InChI=1S/C13H14ClN3O4S/c14-9-1-3-11(4-2-9)20-7-12-16-17-13(21-12)15-10-5-6-22(18,19)8-10/h1-4,10H,5-8H2,(H,15,17). The predicted molar refractivity (Wildman–Crippen MR) is 80.8 cm³/mol. The third-order valence-corrected chi connectivity index (χ3v) is 5.22. The van der Waals surface area contributed by atoms with E-state index < -0.39 is 9.84 Å². The quantitative estimate of drug-likeness (QED) is 0.885. The Kier molecular flexibility index (Phi) is 4.21. The van der Waals surface area contributed by atoms with Crippen LogP contribution < -0.4 is 10.1 Å². The average Bonchev–Trinajstić information content (AvgIpc) is 3.05. The van der Waals surface area contributed by atoms with Crippen molar-refractivity contribution in [1.82, 2.24) is 10.2 Å². The summed E-state index contributed by atoms with van der Waals surface area (Å²) in [7, 11) is -2.95. The van der Waals surface area contributed by atoms with E-state index in [0.717, 1.165) is 0 Å². The fourth-order valence-corrected chi connectivity index (χ4v) is 3.93. The number of anilines is 1. The van der Waals surface area contributed by atoms with Gasteiger partial charge in [0.15, 0.2) is 16.4 Å². The number of hydrogen-bond acceptors (Lipinski definition) is 7. The maximum absolute atomic E-state index is 11.4. The number of benzene rings is 1. The molecule has 1 saturated heterocycles. The van der Waals surface area contributed by atoms with Gasteiger partial charge in [0.25, 0.3) is 5.89 Å². The Balaban J connectivity index is 1.54. The van der Waals surface area contributed by atoms with E-state index in [1.807, 2.05) is 0 Å². The van der Waals surface area contributed by atoms with Crippen LogP contribution in [0, 0.1) is 0 Å². The van der Waals surface area contributed by atoms with Gasteiger partial charge in [0.2, 0.25) is 0 Å². The predicted octanol–water partition coefficient (Wildman–Crippen LogP) is 1.90. The van der Waals surface area contributed by atoms with Crippen LogP contribution in [0.1, 0.15) is 12.3 Å². The van der Waals surface area contributed by atoms with Crippen LogP contribution in [0.4, 0.5) is 6.01 Å². The Morgan fingerprint density at radius 3 is 2.77 bits per heavy atom. The Labute approximate surface area is 132 Å². The molecule has 0 amide bonds. The molecule has 7 nitrogen and oxygen atoms in total. The second-order valence-corrected chi connectivity index (χ2v) is 7.65. The van der Waals surface area contributed by atoms with Crippen LogP contribution in [0.2, 0.25) is 5.02 Å². The fourth-order valence-electron chi connectivity index (χ4n) is 2.13. The van der Waals surface area contributed by atoms with Gasteiger partial charge in [-0.25, -0.2) is 8.42 Å². The highest BCUT2D eigenvalue weighted by atomic mass is 35.5. The van der Waals surface area contributed by atoms with E-state index in [1.54, 1.807) is 24.3 Å². The summed E-state index contributed by atoms with van der Waals surface area (Å²) < 4.78 is 33.6. The minimum absolute atomic E-state index is 0.0893. The van der Waals surface area contributed by atoms with E-state index >= 15 is 0 Å². The van der Waals surface area contributed by atoms with E-state index in [2.05, 4.69) is 15.5 Å². The third kappa shape index (κ3) is 3.89. The molecule has 1 atom stereocenters. The molecule has 0 aliphatic carbocycles.